The van der Waals surface area contributed by atoms with Crippen LogP contribution in [0, 0.1) is 17.7 Å². The lowest BCUT2D eigenvalue weighted by atomic mass is 9.95. The van der Waals surface area contributed by atoms with E-state index in [0.717, 1.165) is 25.3 Å². The van der Waals surface area contributed by atoms with Gasteiger partial charge in [-0.3, -0.25) is 4.79 Å². The SMILES string of the molecule is COC(=O)c1cc(NC(=O)C2CCCC2CN)ccc1F. The molecule has 0 radical (unpaired) electrons. The summed E-state index contributed by atoms with van der Waals surface area (Å²) >= 11 is 0. The molecule has 2 rings (SSSR count). The molecule has 0 heterocycles. The van der Waals surface area contributed by atoms with Crippen LogP contribution in [0.1, 0.15) is 29.6 Å². The van der Waals surface area contributed by atoms with E-state index >= 15 is 0 Å². The third-order valence-corrected chi connectivity index (χ3v) is 3.94. The summed E-state index contributed by atoms with van der Waals surface area (Å²) in [4.78, 5) is 23.7. The van der Waals surface area contributed by atoms with Gasteiger partial charge in [-0.05, 0) is 43.5 Å². The molecule has 0 aromatic heterocycles. The number of hydrogen-bond donors (Lipinski definition) is 2. The zero-order valence-corrected chi connectivity index (χ0v) is 11.9. The predicted octanol–water partition coefficient (Wildman–Crippen LogP) is 1.93. The average molecular weight is 294 g/mol. The summed E-state index contributed by atoms with van der Waals surface area (Å²) in [6.07, 6.45) is 2.74. The monoisotopic (exact) mass is 294 g/mol. The number of benzene rings is 1. The van der Waals surface area contributed by atoms with E-state index in [9.17, 15) is 14.0 Å². The van der Waals surface area contributed by atoms with Crippen molar-refractivity contribution in [2.24, 2.45) is 17.6 Å². The Morgan fingerprint density at radius 3 is 2.86 bits per heavy atom. The second-order valence-corrected chi connectivity index (χ2v) is 5.21. The molecule has 1 aliphatic rings. The molecule has 1 aromatic carbocycles. The zero-order chi connectivity index (χ0) is 15.4. The fourth-order valence-corrected chi connectivity index (χ4v) is 2.77. The smallest absolute Gasteiger partial charge is 0.340 e. The minimum Gasteiger partial charge on any atom is -0.465 e. The van der Waals surface area contributed by atoms with Gasteiger partial charge in [-0.15, -0.1) is 0 Å². The first-order valence-electron chi connectivity index (χ1n) is 6.95. The number of nitrogens with one attached hydrogen (secondary N) is 1. The van der Waals surface area contributed by atoms with Crippen LogP contribution in [0.25, 0.3) is 0 Å². The van der Waals surface area contributed by atoms with Crippen LogP contribution in [0.3, 0.4) is 0 Å². The van der Waals surface area contributed by atoms with Crippen molar-refractivity contribution in [3.63, 3.8) is 0 Å². The molecule has 1 amide bonds. The van der Waals surface area contributed by atoms with Gasteiger partial charge in [-0.1, -0.05) is 6.42 Å². The Morgan fingerprint density at radius 1 is 1.43 bits per heavy atom. The van der Waals surface area contributed by atoms with Crippen LogP contribution in [-0.4, -0.2) is 25.5 Å². The highest BCUT2D eigenvalue weighted by atomic mass is 19.1. The minimum absolute atomic E-state index is 0.123. The molecule has 6 heteroatoms. The molecule has 114 valence electrons. The van der Waals surface area contributed by atoms with Crippen molar-refractivity contribution in [1.29, 1.82) is 0 Å². The second-order valence-electron chi connectivity index (χ2n) is 5.21. The van der Waals surface area contributed by atoms with Crippen molar-refractivity contribution in [1.82, 2.24) is 0 Å². The number of ether oxygens (including phenoxy) is 1. The van der Waals surface area contributed by atoms with E-state index in [1.165, 1.54) is 19.2 Å². The standard InChI is InChI=1S/C15H19FN2O3/c1-21-15(20)12-7-10(5-6-13(12)16)18-14(19)11-4-2-3-9(11)8-17/h5-7,9,11H,2-4,8,17H2,1H3,(H,18,19). The topological polar surface area (TPSA) is 81.4 Å². The van der Waals surface area contributed by atoms with Crippen molar-refractivity contribution in [3.8, 4) is 0 Å². The summed E-state index contributed by atoms with van der Waals surface area (Å²) in [7, 11) is 1.18. The Balaban J connectivity index is 2.12. The molecule has 21 heavy (non-hydrogen) atoms. The number of esters is 1. The van der Waals surface area contributed by atoms with Crippen LogP contribution < -0.4 is 11.1 Å². The maximum absolute atomic E-state index is 13.5. The Hall–Kier alpha value is -1.95. The van der Waals surface area contributed by atoms with E-state index in [0.29, 0.717) is 12.2 Å². The van der Waals surface area contributed by atoms with Crippen molar-refractivity contribution >= 4 is 17.6 Å². The maximum atomic E-state index is 13.5. The summed E-state index contributed by atoms with van der Waals surface area (Å²) in [6.45, 7) is 0.481. The molecule has 2 unspecified atom stereocenters. The zero-order valence-electron chi connectivity index (χ0n) is 11.9. The minimum atomic E-state index is -0.774. The highest BCUT2D eigenvalue weighted by molar-refractivity contribution is 5.95. The lowest BCUT2D eigenvalue weighted by Crippen LogP contribution is -2.29. The van der Waals surface area contributed by atoms with Gasteiger partial charge in [-0.2, -0.15) is 0 Å². The fraction of sp³-hybridized carbons (Fsp3) is 0.467. The van der Waals surface area contributed by atoms with Crippen LogP contribution in [-0.2, 0) is 9.53 Å². The van der Waals surface area contributed by atoms with Crippen molar-refractivity contribution in [2.45, 2.75) is 19.3 Å². The van der Waals surface area contributed by atoms with Crippen molar-refractivity contribution in [2.75, 3.05) is 19.0 Å². The maximum Gasteiger partial charge on any atom is 0.340 e. The molecule has 3 N–H and O–H groups in total. The van der Waals surface area contributed by atoms with Crippen LogP contribution in [0.15, 0.2) is 18.2 Å². The molecule has 1 saturated carbocycles. The van der Waals surface area contributed by atoms with E-state index < -0.39 is 11.8 Å². The number of carbonyl (C=O) groups excluding carboxylic acids is 2. The lowest BCUT2D eigenvalue weighted by molar-refractivity contribution is -0.120. The van der Waals surface area contributed by atoms with Gasteiger partial charge < -0.3 is 15.8 Å². The van der Waals surface area contributed by atoms with Gasteiger partial charge in [0.1, 0.15) is 5.82 Å². The van der Waals surface area contributed by atoms with E-state index in [1.807, 2.05) is 0 Å². The molecule has 0 bridgehead atoms. The molecule has 0 spiro atoms. The number of hydrogen-bond acceptors (Lipinski definition) is 4. The van der Waals surface area contributed by atoms with Crippen LogP contribution >= 0.6 is 0 Å². The Morgan fingerprint density at radius 2 is 2.19 bits per heavy atom. The normalized spacial score (nSPS) is 21.1. The lowest BCUT2D eigenvalue weighted by Gasteiger charge is -2.17. The fourth-order valence-electron chi connectivity index (χ4n) is 2.77. The molecule has 0 aliphatic heterocycles. The van der Waals surface area contributed by atoms with Gasteiger partial charge in [0.25, 0.3) is 0 Å². The van der Waals surface area contributed by atoms with E-state index in [1.54, 1.807) is 0 Å². The second kappa shape index (κ2) is 6.67. The number of rotatable bonds is 4. The van der Waals surface area contributed by atoms with Crippen LogP contribution in [0.2, 0.25) is 0 Å². The number of nitrogens with two attached hydrogens (primary N) is 1. The molecule has 2 atom stereocenters. The summed E-state index contributed by atoms with van der Waals surface area (Å²) in [5.41, 5.74) is 5.85. The van der Waals surface area contributed by atoms with Gasteiger partial charge in [0, 0.05) is 11.6 Å². The summed E-state index contributed by atoms with van der Waals surface area (Å²) in [5, 5.41) is 2.73. The highest BCUT2D eigenvalue weighted by Crippen LogP contribution is 2.32. The summed E-state index contributed by atoms with van der Waals surface area (Å²) in [6, 6.07) is 3.84. The quantitative estimate of drug-likeness (QED) is 0.831. The molecule has 1 aliphatic carbocycles. The van der Waals surface area contributed by atoms with Crippen molar-refractivity contribution in [3.05, 3.63) is 29.6 Å². The first-order chi connectivity index (χ1) is 10.1. The number of anilines is 1. The third-order valence-electron chi connectivity index (χ3n) is 3.94. The average Bonchev–Trinajstić information content (AvgIpc) is 2.97. The molecule has 1 fully saturated rings. The number of halogens is 1. The van der Waals surface area contributed by atoms with E-state index in [4.69, 9.17) is 5.73 Å². The summed E-state index contributed by atoms with van der Waals surface area (Å²) in [5.74, 6) is -1.53. The van der Waals surface area contributed by atoms with Gasteiger partial charge in [0.15, 0.2) is 0 Å². The Bertz CT molecular complexity index is 548. The number of amides is 1. The Labute approximate surface area is 122 Å². The van der Waals surface area contributed by atoms with Gasteiger partial charge in [0.2, 0.25) is 5.91 Å². The number of methoxy groups -OCH3 is 1. The predicted molar refractivity (Wildman–Crippen MR) is 76.3 cm³/mol. The van der Waals surface area contributed by atoms with Crippen LogP contribution in [0.5, 0.6) is 0 Å². The van der Waals surface area contributed by atoms with E-state index in [-0.39, 0.29) is 23.3 Å². The number of carbonyl (C=O) groups is 2. The molecule has 0 saturated heterocycles. The third kappa shape index (κ3) is 3.39. The molecular weight excluding hydrogens is 275 g/mol. The summed E-state index contributed by atoms with van der Waals surface area (Å²) < 4.78 is 18.0. The van der Waals surface area contributed by atoms with E-state index in [2.05, 4.69) is 10.1 Å². The largest absolute Gasteiger partial charge is 0.465 e. The van der Waals surface area contributed by atoms with Crippen LogP contribution in [0.4, 0.5) is 10.1 Å². The van der Waals surface area contributed by atoms with Gasteiger partial charge in [-0.25, -0.2) is 9.18 Å². The van der Waals surface area contributed by atoms with Crippen molar-refractivity contribution < 1.29 is 18.7 Å². The molecule has 1 aromatic rings. The Kier molecular flexibility index (Phi) is 4.90. The highest BCUT2D eigenvalue weighted by Gasteiger charge is 2.32. The van der Waals surface area contributed by atoms with Gasteiger partial charge >= 0.3 is 5.97 Å². The van der Waals surface area contributed by atoms with Gasteiger partial charge in [0.05, 0.1) is 12.7 Å². The first kappa shape index (κ1) is 15.4. The molecule has 5 nitrogen and oxygen atoms in total. The first-order valence-corrected chi connectivity index (χ1v) is 6.95. The molecular formula is C15H19FN2O3.